The Bertz CT molecular complexity index is 604. The van der Waals surface area contributed by atoms with Gasteiger partial charge in [-0.1, -0.05) is 6.42 Å². The van der Waals surface area contributed by atoms with E-state index in [-0.39, 0.29) is 24.5 Å². The van der Waals surface area contributed by atoms with Crippen LogP contribution in [-0.4, -0.2) is 47.5 Å². The lowest BCUT2D eigenvalue weighted by molar-refractivity contribution is -0.196. The van der Waals surface area contributed by atoms with Gasteiger partial charge in [-0.3, -0.25) is 4.79 Å². The van der Waals surface area contributed by atoms with Crippen molar-refractivity contribution < 1.29 is 28.9 Å². The van der Waals surface area contributed by atoms with E-state index in [1.54, 1.807) is 6.92 Å². The lowest BCUT2D eigenvalue weighted by Crippen LogP contribution is -2.34. The lowest BCUT2D eigenvalue weighted by atomic mass is 9.94. The van der Waals surface area contributed by atoms with E-state index in [4.69, 9.17) is 14.2 Å². The summed E-state index contributed by atoms with van der Waals surface area (Å²) in [5.41, 5.74) is 0.482. The quantitative estimate of drug-likeness (QED) is 0.631. The highest BCUT2D eigenvalue weighted by Gasteiger charge is 2.45. The number of hydrogen-bond acceptors (Lipinski definition) is 6. The second-order valence-corrected chi connectivity index (χ2v) is 6.25. The number of aromatic amines is 1. The number of aldehydes is 1. The summed E-state index contributed by atoms with van der Waals surface area (Å²) in [6, 6.07) is 0. The molecule has 1 aromatic heterocycles. The molecular weight excluding hydrogens is 314 g/mol. The van der Waals surface area contributed by atoms with Gasteiger partial charge in [-0.25, -0.2) is 4.79 Å². The third-order valence-corrected chi connectivity index (χ3v) is 4.71. The smallest absolute Gasteiger partial charge is 0.355 e. The molecule has 1 saturated carbocycles. The Balaban J connectivity index is 1.77. The Morgan fingerprint density at radius 3 is 2.92 bits per heavy atom. The lowest BCUT2D eigenvalue weighted by Gasteiger charge is -2.32. The highest BCUT2D eigenvalue weighted by atomic mass is 16.7. The van der Waals surface area contributed by atoms with Crippen LogP contribution in [0.3, 0.4) is 0 Å². The molecule has 0 radical (unpaired) electrons. The molecule has 0 aromatic carbocycles. The number of H-pyrrole nitrogens is 1. The molecule has 1 saturated heterocycles. The largest absolute Gasteiger partial charge is 0.461 e. The van der Waals surface area contributed by atoms with E-state index < -0.39 is 24.0 Å². The van der Waals surface area contributed by atoms with Gasteiger partial charge in [0.1, 0.15) is 17.9 Å². The predicted octanol–water partition coefficient (Wildman–Crippen LogP) is 2.11. The first-order valence-electron chi connectivity index (χ1n) is 8.43. The molecule has 3 rings (SSSR count). The fourth-order valence-corrected chi connectivity index (χ4v) is 3.48. The van der Waals surface area contributed by atoms with Crippen molar-refractivity contribution in [1.82, 2.24) is 4.98 Å². The average Bonchev–Trinajstić information content (AvgIpc) is 3.19. The summed E-state index contributed by atoms with van der Waals surface area (Å²) in [5.74, 6) is -1.23. The molecule has 0 amide bonds. The molecule has 2 atom stereocenters. The van der Waals surface area contributed by atoms with E-state index in [2.05, 4.69) is 4.98 Å². The first-order chi connectivity index (χ1) is 11.6. The number of aliphatic hydroxyl groups is 1. The van der Waals surface area contributed by atoms with Crippen LogP contribution >= 0.6 is 0 Å². The molecule has 2 fully saturated rings. The van der Waals surface area contributed by atoms with E-state index in [1.165, 1.54) is 6.20 Å². The van der Waals surface area contributed by atoms with Crippen molar-refractivity contribution >= 4 is 12.3 Å². The molecule has 1 spiro atoms. The second-order valence-electron chi connectivity index (χ2n) is 6.25. The maximum absolute atomic E-state index is 11.9. The van der Waals surface area contributed by atoms with Gasteiger partial charge >= 0.3 is 5.97 Å². The topological polar surface area (TPSA) is 97.9 Å². The van der Waals surface area contributed by atoms with Crippen LogP contribution < -0.4 is 0 Å². The average molecular weight is 337 g/mol. The SMILES string of the molecule is CCOC(=O)c1[nH]cc(C(O)C2COC3(CCCCC3)O2)c1C=O. The number of aromatic nitrogens is 1. The zero-order valence-corrected chi connectivity index (χ0v) is 13.7. The minimum Gasteiger partial charge on any atom is -0.461 e. The van der Waals surface area contributed by atoms with Gasteiger partial charge in [0.15, 0.2) is 12.1 Å². The van der Waals surface area contributed by atoms with E-state index in [1.807, 2.05) is 0 Å². The summed E-state index contributed by atoms with van der Waals surface area (Å²) in [5, 5.41) is 10.6. The van der Waals surface area contributed by atoms with Gasteiger partial charge in [0.05, 0.1) is 18.8 Å². The molecule has 7 nitrogen and oxygen atoms in total. The van der Waals surface area contributed by atoms with Crippen molar-refractivity contribution in [3.63, 3.8) is 0 Å². The molecule has 2 aliphatic rings. The van der Waals surface area contributed by atoms with E-state index in [0.29, 0.717) is 11.8 Å². The molecule has 1 aromatic rings. The summed E-state index contributed by atoms with van der Waals surface area (Å²) in [6.07, 6.45) is 5.27. The highest BCUT2D eigenvalue weighted by molar-refractivity contribution is 5.97. The Morgan fingerprint density at radius 1 is 1.50 bits per heavy atom. The second kappa shape index (κ2) is 7.04. The van der Waals surface area contributed by atoms with Gasteiger partial charge in [-0.05, 0) is 19.8 Å². The number of rotatable bonds is 5. The minimum absolute atomic E-state index is 0.0483. The summed E-state index contributed by atoms with van der Waals surface area (Å²) in [4.78, 5) is 26.0. The molecule has 132 valence electrons. The van der Waals surface area contributed by atoms with Crippen LogP contribution in [0.25, 0.3) is 0 Å². The summed E-state index contributed by atoms with van der Waals surface area (Å²) in [7, 11) is 0. The zero-order chi connectivity index (χ0) is 17.2. The minimum atomic E-state index is -1.05. The number of carbonyl (C=O) groups excluding carboxylic acids is 2. The molecule has 2 N–H and O–H groups in total. The van der Waals surface area contributed by atoms with E-state index >= 15 is 0 Å². The Morgan fingerprint density at radius 2 is 2.25 bits per heavy atom. The molecule has 1 aliphatic carbocycles. The monoisotopic (exact) mass is 337 g/mol. The highest BCUT2D eigenvalue weighted by Crippen LogP contribution is 2.41. The molecule has 2 heterocycles. The van der Waals surface area contributed by atoms with Gasteiger partial charge in [0.2, 0.25) is 0 Å². The molecule has 0 bridgehead atoms. The standard InChI is InChI=1S/C17H23NO6/c1-2-22-16(21)14-12(9-19)11(8-18-14)15(20)13-10-23-17(24-13)6-4-3-5-7-17/h8-9,13,15,18,20H,2-7,10H2,1H3. The van der Waals surface area contributed by atoms with Crippen LogP contribution in [-0.2, 0) is 14.2 Å². The number of aliphatic hydroxyl groups excluding tert-OH is 1. The predicted molar refractivity (Wildman–Crippen MR) is 83.7 cm³/mol. The molecule has 24 heavy (non-hydrogen) atoms. The van der Waals surface area contributed by atoms with Gasteiger partial charge in [0.25, 0.3) is 0 Å². The molecular formula is C17H23NO6. The normalized spacial score (nSPS) is 24.0. The fourth-order valence-electron chi connectivity index (χ4n) is 3.48. The number of esters is 1. The number of ether oxygens (including phenoxy) is 3. The van der Waals surface area contributed by atoms with Crippen molar-refractivity contribution in [2.45, 2.75) is 57.0 Å². The molecule has 1 aliphatic heterocycles. The van der Waals surface area contributed by atoms with Crippen LogP contribution in [0.15, 0.2) is 6.20 Å². The van der Waals surface area contributed by atoms with Gasteiger partial charge < -0.3 is 24.3 Å². The summed E-state index contributed by atoms with van der Waals surface area (Å²) in [6.45, 7) is 2.15. The Hall–Kier alpha value is -1.70. The molecule has 2 unspecified atom stereocenters. The van der Waals surface area contributed by atoms with Crippen molar-refractivity contribution in [2.75, 3.05) is 13.2 Å². The van der Waals surface area contributed by atoms with Crippen molar-refractivity contribution in [3.8, 4) is 0 Å². The Labute approximate surface area is 140 Å². The van der Waals surface area contributed by atoms with Gasteiger partial charge in [-0.15, -0.1) is 0 Å². The van der Waals surface area contributed by atoms with Crippen LogP contribution in [0.2, 0.25) is 0 Å². The van der Waals surface area contributed by atoms with Crippen molar-refractivity contribution in [1.29, 1.82) is 0 Å². The number of nitrogens with one attached hydrogen (secondary N) is 1. The third kappa shape index (κ3) is 3.11. The maximum Gasteiger partial charge on any atom is 0.355 e. The number of carbonyl (C=O) groups is 2. The van der Waals surface area contributed by atoms with Gasteiger partial charge in [0, 0.05) is 24.6 Å². The van der Waals surface area contributed by atoms with E-state index in [9.17, 15) is 14.7 Å². The van der Waals surface area contributed by atoms with E-state index in [0.717, 1.165) is 32.1 Å². The third-order valence-electron chi connectivity index (χ3n) is 4.71. The number of hydrogen-bond donors (Lipinski definition) is 2. The van der Waals surface area contributed by atoms with Crippen LogP contribution in [0.1, 0.15) is 71.5 Å². The summed E-state index contributed by atoms with van der Waals surface area (Å²) >= 11 is 0. The Kier molecular flexibility index (Phi) is 5.03. The zero-order valence-electron chi connectivity index (χ0n) is 13.7. The molecule has 7 heteroatoms. The fraction of sp³-hybridized carbons (Fsp3) is 0.647. The first kappa shape index (κ1) is 17.1. The summed E-state index contributed by atoms with van der Waals surface area (Å²) < 4.78 is 16.7. The van der Waals surface area contributed by atoms with Crippen LogP contribution in [0, 0.1) is 0 Å². The van der Waals surface area contributed by atoms with Crippen molar-refractivity contribution in [3.05, 3.63) is 23.0 Å². The van der Waals surface area contributed by atoms with Gasteiger partial charge in [-0.2, -0.15) is 0 Å². The van der Waals surface area contributed by atoms with Crippen molar-refractivity contribution in [2.24, 2.45) is 0 Å². The van der Waals surface area contributed by atoms with Crippen LogP contribution in [0.4, 0.5) is 0 Å². The first-order valence-corrected chi connectivity index (χ1v) is 8.43. The van der Waals surface area contributed by atoms with Crippen LogP contribution in [0.5, 0.6) is 0 Å². The maximum atomic E-state index is 11.9.